The Morgan fingerprint density at radius 3 is 2.67 bits per heavy atom. The van der Waals surface area contributed by atoms with Crippen molar-refractivity contribution in [2.24, 2.45) is 0 Å². The van der Waals surface area contributed by atoms with Crippen molar-refractivity contribution in [3.8, 4) is 11.5 Å². The fourth-order valence-electron chi connectivity index (χ4n) is 5.06. The number of hydrogen-bond donors (Lipinski definition) is 0. The van der Waals surface area contributed by atoms with Crippen molar-refractivity contribution in [2.45, 2.75) is 31.8 Å². The zero-order chi connectivity index (χ0) is 25.2. The molecule has 4 heterocycles. The van der Waals surface area contributed by atoms with Crippen molar-refractivity contribution in [3.63, 3.8) is 0 Å². The molecule has 2 aromatic heterocycles. The first-order valence-electron chi connectivity index (χ1n) is 12.0. The van der Waals surface area contributed by atoms with Crippen molar-refractivity contribution >= 4 is 34.8 Å². The smallest absolute Gasteiger partial charge is 0.246 e. The number of amides is 1. The number of ether oxygens (including phenoxy) is 2. The number of halogens is 1. The highest BCUT2D eigenvalue weighted by Gasteiger charge is 2.42. The van der Waals surface area contributed by atoms with Gasteiger partial charge in [-0.05, 0) is 56.2 Å². The molecule has 9 heteroatoms. The van der Waals surface area contributed by atoms with Crippen LogP contribution in [0.3, 0.4) is 0 Å². The number of aromatic nitrogens is 3. The molecule has 0 radical (unpaired) electrons. The van der Waals surface area contributed by atoms with Crippen molar-refractivity contribution < 1.29 is 18.7 Å². The van der Waals surface area contributed by atoms with Crippen molar-refractivity contribution in [1.82, 2.24) is 19.9 Å². The molecule has 0 spiro atoms. The summed E-state index contributed by atoms with van der Waals surface area (Å²) in [7, 11) is 1.41. The Bertz CT molecular complexity index is 1330. The lowest BCUT2D eigenvalue weighted by Gasteiger charge is -2.41. The molecule has 0 aliphatic carbocycles. The molecule has 0 N–H and O–H groups in total. The molecule has 2 aliphatic rings. The molecule has 1 amide bonds. The van der Waals surface area contributed by atoms with Gasteiger partial charge in [0.05, 0.1) is 31.1 Å². The number of piperazine rings is 1. The van der Waals surface area contributed by atoms with Gasteiger partial charge in [-0.2, -0.15) is 0 Å². The number of anilines is 1. The summed E-state index contributed by atoms with van der Waals surface area (Å²) in [6.45, 7) is 7.54. The summed E-state index contributed by atoms with van der Waals surface area (Å²) < 4.78 is 24.5. The zero-order valence-corrected chi connectivity index (χ0v) is 20.4. The first kappa shape index (κ1) is 23.7. The van der Waals surface area contributed by atoms with Gasteiger partial charge in [-0.15, -0.1) is 0 Å². The molecule has 186 valence electrons. The predicted octanol–water partition coefficient (Wildman–Crippen LogP) is 4.11. The van der Waals surface area contributed by atoms with Gasteiger partial charge in [-0.3, -0.25) is 9.78 Å². The van der Waals surface area contributed by atoms with Gasteiger partial charge in [-0.1, -0.05) is 6.58 Å². The minimum atomic E-state index is -0.521. The second-order valence-electron chi connectivity index (χ2n) is 8.83. The largest absolute Gasteiger partial charge is 0.494 e. The van der Waals surface area contributed by atoms with Crippen LogP contribution in [0.1, 0.15) is 31.3 Å². The van der Waals surface area contributed by atoms with E-state index in [4.69, 9.17) is 19.4 Å². The van der Waals surface area contributed by atoms with E-state index in [1.807, 2.05) is 30.0 Å². The second kappa shape index (κ2) is 9.93. The molecule has 2 fully saturated rings. The highest BCUT2D eigenvalue weighted by Crippen LogP contribution is 2.36. The van der Waals surface area contributed by atoms with Crippen molar-refractivity contribution in [1.29, 1.82) is 0 Å². The number of carbonyl (C=O) groups excluding carboxylic acids is 1. The monoisotopic (exact) mass is 489 g/mol. The van der Waals surface area contributed by atoms with Crippen LogP contribution in [0.15, 0.2) is 43.1 Å². The first-order chi connectivity index (χ1) is 17.5. The maximum absolute atomic E-state index is 13.7. The molecule has 3 aromatic rings. The third-order valence-corrected chi connectivity index (χ3v) is 6.65. The van der Waals surface area contributed by atoms with Gasteiger partial charge < -0.3 is 19.3 Å². The Hall–Kier alpha value is -4.01. The van der Waals surface area contributed by atoms with Gasteiger partial charge in [0.25, 0.3) is 0 Å². The molecule has 36 heavy (non-hydrogen) atoms. The SMILES string of the molecule is C=CC(=O)N1C2CCC1CN(c1nc(/C=C/c3cc(OC)c(F)cn3)nc3ccc(OCC)cc13)C2. The van der Waals surface area contributed by atoms with E-state index in [2.05, 4.69) is 16.5 Å². The molecule has 2 bridgehead atoms. The van der Waals surface area contributed by atoms with E-state index in [0.717, 1.165) is 41.5 Å². The first-order valence-corrected chi connectivity index (χ1v) is 12.0. The average molecular weight is 490 g/mol. The van der Waals surface area contributed by atoms with E-state index < -0.39 is 5.82 Å². The number of methoxy groups -OCH3 is 1. The minimum Gasteiger partial charge on any atom is -0.494 e. The second-order valence-corrected chi connectivity index (χ2v) is 8.83. The summed E-state index contributed by atoms with van der Waals surface area (Å²) in [4.78, 5) is 30.4. The van der Waals surface area contributed by atoms with Gasteiger partial charge in [0.2, 0.25) is 5.91 Å². The molecular weight excluding hydrogens is 461 g/mol. The molecule has 0 saturated carbocycles. The van der Waals surface area contributed by atoms with Gasteiger partial charge in [0.15, 0.2) is 17.4 Å². The number of benzene rings is 1. The summed E-state index contributed by atoms with van der Waals surface area (Å²) in [6.07, 6.45) is 7.92. The summed E-state index contributed by atoms with van der Waals surface area (Å²) in [6, 6.07) is 7.54. The van der Waals surface area contributed by atoms with Crippen LogP contribution in [0, 0.1) is 5.82 Å². The maximum Gasteiger partial charge on any atom is 0.246 e. The van der Waals surface area contributed by atoms with E-state index in [1.165, 1.54) is 19.3 Å². The number of hydrogen-bond acceptors (Lipinski definition) is 7. The van der Waals surface area contributed by atoms with Crippen molar-refractivity contribution in [3.05, 3.63) is 60.5 Å². The van der Waals surface area contributed by atoms with Crippen LogP contribution in [0.4, 0.5) is 10.2 Å². The highest BCUT2D eigenvalue weighted by molar-refractivity contribution is 5.92. The van der Waals surface area contributed by atoms with E-state index >= 15 is 0 Å². The number of rotatable bonds is 7. The Kier molecular flexibility index (Phi) is 6.54. The standard InChI is InChI=1S/C27H28FN5O3/c1-4-26(34)33-18-7-8-19(33)16-32(15-18)27-21-13-20(36-5-2)9-10-23(21)30-25(31-27)11-6-17-12-24(35-3)22(28)14-29-17/h4,6,9-14,18-19H,1,5,7-8,15-16H2,2-3H3/b11-6+. The van der Waals surface area contributed by atoms with Crippen LogP contribution in [0.5, 0.6) is 11.5 Å². The van der Waals surface area contributed by atoms with Crippen LogP contribution in [0.2, 0.25) is 0 Å². The molecule has 5 rings (SSSR count). The molecular formula is C27H28FN5O3. The molecule has 8 nitrogen and oxygen atoms in total. The lowest BCUT2D eigenvalue weighted by atomic mass is 10.1. The van der Waals surface area contributed by atoms with E-state index in [9.17, 15) is 9.18 Å². The Balaban J connectivity index is 1.53. The zero-order valence-electron chi connectivity index (χ0n) is 20.4. The molecule has 2 unspecified atom stereocenters. The van der Waals surface area contributed by atoms with Crippen LogP contribution >= 0.6 is 0 Å². The van der Waals surface area contributed by atoms with Gasteiger partial charge >= 0.3 is 0 Å². The lowest BCUT2D eigenvalue weighted by molar-refractivity contribution is -0.129. The third-order valence-electron chi connectivity index (χ3n) is 6.65. The van der Waals surface area contributed by atoms with Crippen LogP contribution in [0.25, 0.3) is 23.1 Å². The van der Waals surface area contributed by atoms with Crippen molar-refractivity contribution in [2.75, 3.05) is 31.7 Å². The Morgan fingerprint density at radius 1 is 1.19 bits per heavy atom. The topological polar surface area (TPSA) is 80.7 Å². The fraction of sp³-hybridized carbons (Fsp3) is 0.333. The minimum absolute atomic E-state index is 0.0147. The van der Waals surface area contributed by atoms with Crippen LogP contribution in [-0.2, 0) is 4.79 Å². The number of fused-ring (bicyclic) bond motifs is 3. The molecule has 1 aromatic carbocycles. The van der Waals surface area contributed by atoms with Gasteiger partial charge in [0, 0.05) is 36.6 Å². The molecule has 2 aliphatic heterocycles. The van der Waals surface area contributed by atoms with Gasteiger partial charge in [-0.25, -0.2) is 14.4 Å². The summed E-state index contributed by atoms with van der Waals surface area (Å²) in [5.74, 6) is 1.64. The number of pyridine rings is 1. The number of carbonyl (C=O) groups is 1. The average Bonchev–Trinajstić information content (AvgIpc) is 3.16. The Labute approximate surface area is 209 Å². The van der Waals surface area contributed by atoms with E-state index in [0.29, 0.717) is 31.2 Å². The summed E-state index contributed by atoms with van der Waals surface area (Å²) >= 11 is 0. The Morgan fingerprint density at radius 2 is 1.97 bits per heavy atom. The van der Waals surface area contributed by atoms with Crippen LogP contribution in [-0.4, -0.2) is 64.6 Å². The highest BCUT2D eigenvalue weighted by atomic mass is 19.1. The third kappa shape index (κ3) is 4.48. The normalized spacial score (nSPS) is 19.2. The summed E-state index contributed by atoms with van der Waals surface area (Å²) in [5, 5.41) is 0.891. The lowest BCUT2D eigenvalue weighted by Crippen LogP contribution is -2.55. The quantitative estimate of drug-likeness (QED) is 0.462. The number of nitrogens with zero attached hydrogens (tertiary/aromatic N) is 5. The fourth-order valence-corrected chi connectivity index (χ4v) is 5.06. The molecule has 2 saturated heterocycles. The van der Waals surface area contributed by atoms with Gasteiger partial charge in [0.1, 0.15) is 11.6 Å². The van der Waals surface area contributed by atoms with Crippen LogP contribution < -0.4 is 14.4 Å². The van der Waals surface area contributed by atoms with E-state index in [-0.39, 0.29) is 23.7 Å². The maximum atomic E-state index is 13.7. The van der Waals surface area contributed by atoms with E-state index in [1.54, 1.807) is 12.2 Å². The summed E-state index contributed by atoms with van der Waals surface area (Å²) in [5.41, 5.74) is 1.31. The molecule has 2 atom stereocenters. The predicted molar refractivity (Wildman–Crippen MR) is 136 cm³/mol.